The Kier molecular flexibility index (Phi) is 4.23. The molecule has 2 saturated heterocycles. The first-order chi connectivity index (χ1) is 10.8. The van der Waals surface area contributed by atoms with E-state index in [-0.39, 0.29) is 0 Å². The molecule has 2 unspecified atom stereocenters. The maximum Gasteiger partial charge on any atom is 0.0176 e. The smallest absolute Gasteiger partial charge is 0.0176 e. The Labute approximate surface area is 135 Å². The van der Waals surface area contributed by atoms with Crippen LogP contribution in [0.3, 0.4) is 0 Å². The van der Waals surface area contributed by atoms with Gasteiger partial charge in [0.25, 0.3) is 0 Å². The van der Waals surface area contributed by atoms with Crippen LogP contribution in [0.5, 0.6) is 0 Å². The summed E-state index contributed by atoms with van der Waals surface area (Å²) < 4.78 is 0. The normalized spacial score (nSPS) is 30.9. The molecule has 2 atom stereocenters. The number of hydrogen-bond acceptors (Lipinski definition) is 2. The van der Waals surface area contributed by atoms with Crippen molar-refractivity contribution in [2.45, 2.75) is 70.0 Å². The van der Waals surface area contributed by atoms with Gasteiger partial charge in [0.1, 0.15) is 0 Å². The summed E-state index contributed by atoms with van der Waals surface area (Å²) in [5, 5.41) is 3.79. The Morgan fingerprint density at radius 1 is 1.05 bits per heavy atom. The Morgan fingerprint density at radius 2 is 1.68 bits per heavy atom. The van der Waals surface area contributed by atoms with Gasteiger partial charge in [-0.05, 0) is 68.5 Å². The number of nitrogens with one attached hydrogen (secondary N) is 1. The van der Waals surface area contributed by atoms with Crippen molar-refractivity contribution in [2.75, 3.05) is 13.1 Å². The van der Waals surface area contributed by atoms with E-state index in [2.05, 4.69) is 41.4 Å². The molecule has 1 aromatic rings. The highest BCUT2D eigenvalue weighted by Crippen LogP contribution is 2.33. The van der Waals surface area contributed by atoms with E-state index in [1.54, 1.807) is 11.1 Å². The number of piperidine rings is 1. The molecule has 2 aliphatic heterocycles. The van der Waals surface area contributed by atoms with Crippen molar-refractivity contribution in [1.29, 1.82) is 0 Å². The molecule has 0 saturated carbocycles. The Bertz CT molecular complexity index is 475. The molecule has 3 aliphatic rings. The molecule has 22 heavy (non-hydrogen) atoms. The van der Waals surface area contributed by atoms with Crippen molar-refractivity contribution >= 4 is 0 Å². The van der Waals surface area contributed by atoms with Crippen LogP contribution in [0.1, 0.15) is 50.2 Å². The van der Waals surface area contributed by atoms with Crippen LogP contribution in [0, 0.1) is 5.92 Å². The average Bonchev–Trinajstić information content (AvgIpc) is 3.10. The minimum Gasteiger partial charge on any atom is -0.311 e. The first kappa shape index (κ1) is 14.7. The fourth-order valence-electron chi connectivity index (χ4n) is 5.16. The Morgan fingerprint density at radius 3 is 2.27 bits per heavy atom. The lowest BCUT2D eigenvalue weighted by Crippen LogP contribution is -2.45. The highest BCUT2D eigenvalue weighted by Gasteiger charge is 2.35. The van der Waals surface area contributed by atoms with Crippen LogP contribution in [0.4, 0.5) is 0 Å². The lowest BCUT2D eigenvalue weighted by atomic mass is 9.91. The Hall–Kier alpha value is -0.860. The van der Waals surface area contributed by atoms with E-state index < -0.39 is 0 Å². The largest absolute Gasteiger partial charge is 0.311 e. The maximum atomic E-state index is 3.79. The van der Waals surface area contributed by atoms with Crippen molar-refractivity contribution in [3.63, 3.8) is 0 Å². The first-order valence-corrected chi connectivity index (χ1v) is 9.38. The molecule has 2 fully saturated rings. The molecule has 0 spiro atoms. The highest BCUT2D eigenvalue weighted by molar-refractivity contribution is 5.33. The van der Waals surface area contributed by atoms with Crippen LogP contribution in [0.15, 0.2) is 24.3 Å². The molecular formula is C20H30N2. The molecule has 0 amide bonds. The van der Waals surface area contributed by atoms with E-state index in [1.807, 2.05) is 0 Å². The summed E-state index contributed by atoms with van der Waals surface area (Å²) in [6.07, 6.45) is 9.49. The maximum absolute atomic E-state index is 3.79. The van der Waals surface area contributed by atoms with Crippen LogP contribution < -0.4 is 5.32 Å². The third-order valence-corrected chi connectivity index (χ3v) is 6.12. The summed E-state index contributed by atoms with van der Waals surface area (Å²) >= 11 is 0. The van der Waals surface area contributed by atoms with Gasteiger partial charge in [-0.25, -0.2) is 0 Å². The van der Waals surface area contributed by atoms with E-state index in [1.165, 1.54) is 58.0 Å². The molecule has 2 nitrogen and oxygen atoms in total. The molecule has 2 heteroatoms. The lowest BCUT2D eigenvalue weighted by molar-refractivity contribution is 0.143. The molecule has 0 radical (unpaired) electrons. The van der Waals surface area contributed by atoms with Gasteiger partial charge in [0.2, 0.25) is 0 Å². The van der Waals surface area contributed by atoms with Crippen LogP contribution in [0.2, 0.25) is 0 Å². The predicted octanol–water partition coefficient (Wildman–Crippen LogP) is 3.40. The summed E-state index contributed by atoms with van der Waals surface area (Å²) in [6.45, 7) is 4.94. The van der Waals surface area contributed by atoms with Gasteiger partial charge in [-0.1, -0.05) is 31.2 Å². The van der Waals surface area contributed by atoms with Crippen LogP contribution in [0.25, 0.3) is 0 Å². The zero-order valence-corrected chi connectivity index (χ0v) is 13.9. The standard InChI is InChI=1S/C20H30N2/c1-2-9-22(14-15-10-18-7-8-19(11-15)21-18)20-12-16-5-3-4-6-17(16)13-20/h3-6,15,18-21H,2,7-14H2,1H3. The number of fused-ring (bicyclic) bond motifs is 3. The third-order valence-electron chi connectivity index (χ3n) is 6.12. The highest BCUT2D eigenvalue weighted by atomic mass is 15.2. The summed E-state index contributed by atoms with van der Waals surface area (Å²) in [4.78, 5) is 2.83. The van der Waals surface area contributed by atoms with E-state index >= 15 is 0 Å². The molecule has 120 valence electrons. The second-order valence-corrected chi connectivity index (χ2v) is 7.80. The lowest BCUT2D eigenvalue weighted by Gasteiger charge is -2.36. The van der Waals surface area contributed by atoms with Crippen molar-refractivity contribution in [2.24, 2.45) is 5.92 Å². The average molecular weight is 298 g/mol. The number of nitrogens with zero attached hydrogens (tertiary/aromatic N) is 1. The molecule has 4 rings (SSSR count). The van der Waals surface area contributed by atoms with Gasteiger partial charge >= 0.3 is 0 Å². The predicted molar refractivity (Wildman–Crippen MR) is 92.2 cm³/mol. The molecule has 1 aromatic carbocycles. The van der Waals surface area contributed by atoms with Gasteiger partial charge < -0.3 is 5.32 Å². The van der Waals surface area contributed by atoms with Gasteiger partial charge in [-0.15, -0.1) is 0 Å². The molecular weight excluding hydrogens is 268 g/mol. The van der Waals surface area contributed by atoms with Crippen molar-refractivity contribution < 1.29 is 0 Å². The van der Waals surface area contributed by atoms with Gasteiger partial charge in [0.15, 0.2) is 0 Å². The molecule has 2 bridgehead atoms. The SMILES string of the molecule is CCCN(CC1CC2CCC(C1)N2)C1Cc2ccccc2C1. The van der Waals surface area contributed by atoms with E-state index in [4.69, 9.17) is 0 Å². The third kappa shape index (κ3) is 2.96. The zero-order valence-electron chi connectivity index (χ0n) is 13.9. The fourth-order valence-corrected chi connectivity index (χ4v) is 5.16. The molecule has 2 heterocycles. The minimum atomic E-state index is 0.755. The molecule has 1 aliphatic carbocycles. The monoisotopic (exact) mass is 298 g/mol. The number of hydrogen-bond donors (Lipinski definition) is 1. The quantitative estimate of drug-likeness (QED) is 0.896. The van der Waals surface area contributed by atoms with Crippen molar-refractivity contribution in [3.8, 4) is 0 Å². The Balaban J connectivity index is 1.41. The number of benzene rings is 1. The van der Waals surface area contributed by atoms with Crippen LogP contribution in [-0.4, -0.2) is 36.1 Å². The van der Waals surface area contributed by atoms with E-state index in [0.717, 1.165) is 24.0 Å². The van der Waals surface area contributed by atoms with Gasteiger partial charge in [0, 0.05) is 24.7 Å². The first-order valence-electron chi connectivity index (χ1n) is 9.38. The summed E-state index contributed by atoms with van der Waals surface area (Å²) in [5.74, 6) is 0.925. The fraction of sp³-hybridized carbons (Fsp3) is 0.700. The van der Waals surface area contributed by atoms with Crippen molar-refractivity contribution in [3.05, 3.63) is 35.4 Å². The van der Waals surface area contributed by atoms with Crippen LogP contribution in [-0.2, 0) is 12.8 Å². The van der Waals surface area contributed by atoms with Gasteiger partial charge in [-0.2, -0.15) is 0 Å². The zero-order chi connectivity index (χ0) is 14.9. The van der Waals surface area contributed by atoms with Gasteiger partial charge in [0.05, 0.1) is 0 Å². The summed E-state index contributed by atoms with van der Waals surface area (Å²) in [7, 11) is 0. The number of rotatable bonds is 5. The van der Waals surface area contributed by atoms with Gasteiger partial charge in [-0.3, -0.25) is 4.90 Å². The topological polar surface area (TPSA) is 15.3 Å². The molecule has 1 N–H and O–H groups in total. The second-order valence-electron chi connectivity index (χ2n) is 7.80. The second kappa shape index (κ2) is 6.33. The summed E-state index contributed by atoms with van der Waals surface area (Å²) in [5.41, 5.74) is 3.19. The minimum absolute atomic E-state index is 0.755. The van der Waals surface area contributed by atoms with E-state index in [0.29, 0.717) is 0 Å². The van der Waals surface area contributed by atoms with Crippen molar-refractivity contribution in [1.82, 2.24) is 10.2 Å². The van der Waals surface area contributed by atoms with E-state index in [9.17, 15) is 0 Å². The summed E-state index contributed by atoms with van der Waals surface area (Å²) in [6, 6.07) is 11.5. The van der Waals surface area contributed by atoms with Crippen LogP contribution >= 0.6 is 0 Å². The molecule has 0 aromatic heterocycles.